The Morgan fingerprint density at radius 2 is 0.875 bits per heavy atom. The van der Waals surface area contributed by atoms with E-state index in [-0.39, 0.29) is 0 Å². The van der Waals surface area contributed by atoms with Gasteiger partial charge in [-0.1, -0.05) is 103 Å². The Bertz CT molecular complexity index is 2170. The van der Waals surface area contributed by atoms with Gasteiger partial charge in [0.15, 0.2) is 0 Å². The third-order valence-electron chi connectivity index (χ3n) is 8.23. The van der Waals surface area contributed by atoms with Gasteiger partial charge < -0.3 is 9.13 Å². The summed E-state index contributed by atoms with van der Waals surface area (Å²) < 4.78 is 4.91. The number of aromatic nitrogens is 2. The molecule has 0 aliphatic rings. The number of fused-ring (bicyclic) bond motifs is 10. The molecule has 8 aromatic rings. The van der Waals surface area contributed by atoms with Gasteiger partial charge in [-0.3, -0.25) is 0 Å². The van der Waals surface area contributed by atoms with E-state index in [0.717, 1.165) is 0 Å². The van der Waals surface area contributed by atoms with Crippen molar-refractivity contribution < 1.29 is 0 Å². The molecule has 0 N–H and O–H groups in total. The Kier molecular flexibility index (Phi) is 5.86. The fraction of sp³-hybridized carbons (Fsp3) is 0.158. The average molecular weight is 519 g/mol. The second-order valence-electron chi connectivity index (χ2n) is 11.3. The summed E-state index contributed by atoms with van der Waals surface area (Å²) in [5, 5.41) is 10.8. The maximum atomic E-state index is 2.47. The first-order valence-corrected chi connectivity index (χ1v) is 14.4. The average Bonchev–Trinajstić information content (AvgIpc) is 3.51. The van der Waals surface area contributed by atoms with E-state index in [2.05, 4.69) is 158 Å². The van der Waals surface area contributed by atoms with Crippen molar-refractivity contribution in [2.75, 3.05) is 0 Å². The van der Waals surface area contributed by atoms with E-state index < -0.39 is 0 Å². The number of hydrogen-bond acceptors (Lipinski definition) is 0. The molecule has 0 spiro atoms. The molecule has 0 radical (unpaired) electrons. The fourth-order valence-electron chi connectivity index (χ4n) is 6.63. The van der Waals surface area contributed by atoms with Crippen LogP contribution in [0.5, 0.6) is 0 Å². The van der Waals surface area contributed by atoms with Gasteiger partial charge in [0.05, 0.1) is 5.52 Å². The van der Waals surface area contributed by atoms with Gasteiger partial charge in [0, 0.05) is 55.6 Å². The zero-order valence-electron chi connectivity index (χ0n) is 23.6. The summed E-state index contributed by atoms with van der Waals surface area (Å²) in [6.45, 7) is 9.02. The Balaban J connectivity index is 0.000000132. The van der Waals surface area contributed by atoms with Crippen molar-refractivity contribution in [1.82, 2.24) is 9.13 Å². The van der Waals surface area contributed by atoms with E-state index in [4.69, 9.17) is 0 Å². The Hall–Kier alpha value is -4.56. The molecule has 6 aromatic carbocycles. The van der Waals surface area contributed by atoms with Gasteiger partial charge in [-0.25, -0.2) is 0 Å². The summed E-state index contributed by atoms with van der Waals surface area (Å²) in [5.41, 5.74) is 5.35. The number of nitrogens with zero attached hydrogens (tertiary/aromatic N) is 2. The van der Waals surface area contributed by atoms with Crippen molar-refractivity contribution in [2.45, 2.75) is 39.8 Å². The van der Waals surface area contributed by atoms with Crippen LogP contribution in [0.2, 0.25) is 0 Å². The van der Waals surface area contributed by atoms with Crippen molar-refractivity contribution in [2.24, 2.45) is 0 Å². The number of rotatable bonds is 2. The minimum Gasteiger partial charge on any atom is -0.338 e. The highest BCUT2D eigenvalue weighted by Gasteiger charge is 2.15. The minimum atomic E-state index is 0.447. The van der Waals surface area contributed by atoms with Crippen LogP contribution in [0, 0.1) is 0 Å². The molecule has 0 saturated carbocycles. The largest absolute Gasteiger partial charge is 0.338 e. The van der Waals surface area contributed by atoms with E-state index in [0.29, 0.717) is 12.1 Å². The van der Waals surface area contributed by atoms with Crippen LogP contribution < -0.4 is 0 Å². The molecular weight excluding hydrogens is 484 g/mol. The van der Waals surface area contributed by atoms with Gasteiger partial charge >= 0.3 is 0 Å². The maximum Gasteiger partial charge on any atom is 0.0573 e. The van der Waals surface area contributed by atoms with Crippen molar-refractivity contribution in [3.8, 4) is 0 Å². The first-order valence-electron chi connectivity index (χ1n) is 14.4. The smallest absolute Gasteiger partial charge is 0.0573 e. The SMILES string of the molecule is CC(C)n1c2ccccc2c2c3ccccc3ccc21.CC(C)n1c2ccccc2c2ccc3ccccc3c21. The number of benzene rings is 6. The number of para-hydroxylation sites is 2. The minimum absolute atomic E-state index is 0.447. The monoisotopic (exact) mass is 518 g/mol. The molecule has 0 amide bonds. The molecule has 0 saturated heterocycles. The van der Waals surface area contributed by atoms with Crippen LogP contribution in [0.3, 0.4) is 0 Å². The summed E-state index contributed by atoms with van der Waals surface area (Å²) in [6, 6.07) is 44.6. The van der Waals surface area contributed by atoms with Crippen LogP contribution in [0.15, 0.2) is 121 Å². The second kappa shape index (κ2) is 9.57. The summed E-state index contributed by atoms with van der Waals surface area (Å²) >= 11 is 0. The molecule has 2 heterocycles. The first kappa shape index (κ1) is 24.5. The molecule has 8 rings (SSSR count). The Labute approximate surface area is 235 Å². The molecule has 0 aliphatic heterocycles. The lowest BCUT2D eigenvalue weighted by molar-refractivity contribution is 0.642. The lowest BCUT2D eigenvalue weighted by Gasteiger charge is -2.13. The van der Waals surface area contributed by atoms with Crippen LogP contribution >= 0.6 is 0 Å². The zero-order chi connectivity index (χ0) is 27.4. The predicted molar refractivity (Wildman–Crippen MR) is 175 cm³/mol. The highest BCUT2D eigenvalue weighted by atomic mass is 15.0. The van der Waals surface area contributed by atoms with Gasteiger partial charge in [-0.05, 0) is 62.1 Å². The van der Waals surface area contributed by atoms with E-state index >= 15 is 0 Å². The van der Waals surface area contributed by atoms with Gasteiger partial charge in [0.1, 0.15) is 0 Å². The maximum absolute atomic E-state index is 2.47. The molecule has 0 bridgehead atoms. The summed E-state index contributed by atoms with van der Waals surface area (Å²) in [5.74, 6) is 0. The van der Waals surface area contributed by atoms with E-state index in [1.165, 1.54) is 65.2 Å². The van der Waals surface area contributed by atoms with Crippen LogP contribution in [0.25, 0.3) is 65.2 Å². The standard InChI is InChI=1S/2C19H17N/c1-13(2)20-18-10-6-5-9-16(18)17-12-11-14-7-3-4-8-15(14)19(17)20;1-13(2)20-17-10-6-5-9-16(17)19-15-8-4-3-7-14(15)11-12-18(19)20/h2*3-13H,1-2H3. The Morgan fingerprint density at radius 1 is 0.375 bits per heavy atom. The lowest BCUT2D eigenvalue weighted by Crippen LogP contribution is -2.00. The Morgan fingerprint density at radius 3 is 1.55 bits per heavy atom. The second-order valence-corrected chi connectivity index (χ2v) is 11.3. The van der Waals surface area contributed by atoms with Gasteiger partial charge in [0.25, 0.3) is 0 Å². The van der Waals surface area contributed by atoms with Crippen molar-refractivity contribution in [3.63, 3.8) is 0 Å². The third kappa shape index (κ3) is 3.71. The third-order valence-corrected chi connectivity index (χ3v) is 8.23. The van der Waals surface area contributed by atoms with E-state index in [1.807, 2.05) is 0 Å². The molecule has 2 heteroatoms. The van der Waals surface area contributed by atoms with Gasteiger partial charge in [0.2, 0.25) is 0 Å². The van der Waals surface area contributed by atoms with Crippen LogP contribution in [0.1, 0.15) is 39.8 Å². The van der Waals surface area contributed by atoms with E-state index in [9.17, 15) is 0 Å². The molecule has 0 fully saturated rings. The highest BCUT2D eigenvalue weighted by Crippen LogP contribution is 2.37. The molecular formula is C38H34N2. The van der Waals surface area contributed by atoms with Crippen molar-refractivity contribution in [1.29, 1.82) is 0 Å². The molecule has 0 unspecified atom stereocenters. The van der Waals surface area contributed by atoms with Gasteiger partial charge in [-0.15, -0.1) is 0 Å². The number of hydrogen-bond donors (Lipinski definition) is 0. The summed E-state index contributed by atoms with van der Waals surface area (Å²) in [4.78, 5) is 0. The molecule has 40 heavy (non-hydrogen) atoms. The van der Waals surface area contributed by atoms with Gasteiger partial charge in [-0.2, -0.15) is 0 Å². The highest BCUT2D eigenvalue weighted by molar-refractivity contribution is 6.21. The molecule has 0 aliphatic carbocycles. The first-order chi connectivity index (χ1) is 19.5. The van der Waals surface area contributed by atoms with Crippen LogP contribution in [0.4, 0.5) is 0 Å². The molecule has 2 aromatic heterocycles. The topological polar surface area (TPSA) is 9.86 Å². The van der Waals surface area contributed by atoms with Crippen molar-refractivity contribution >= 4 is 65.2 Å². The summed E-state index contributed by atoms with van der Waals surface area (Å²) in [7, 11) is 0. The van der Waals surface area contributed by atoms with Crippen LogP contribution in [-0.4, -0.2) is 9.13 Å². The van der Waals surface area contributed by atoms with Crippen LogP contribution in [-0.2, 0) is 0 Å². The predicted octanol–water partition coefficient (Wildman–Crippen LogP) is 11.1. The quantitative estimate of drug-likeness (QED) is 0.215. The lowest BCUT2D eigenvalue weighted by atomic mass is 10.0. The zero-order valence-corrected chi connectivity index (χ0v) is 23.6. The van der Waals surface area contributed by atoms with Crippen molar-refractivity contribution in [3.05, 3.63) is 121 Å². The molecule has 196 valence electrons. The fourth-order valence-corrected chi connectivity index (χ4v) is 6.63. The normalized spacial score (nSPS) is 11.9. The molecule has 0 atom stereocenters. The summed E-state index contributed by atoms with van der Waals surface area (Å²) in [6.07, 6.45) is 0. The molecule has 2 nitrogen and oxygen atoms in total. The van der Waals surface area contributed by atoms with E-state index in [1.54, 1.807) is 0 Å².